The summed E-state index contributed by atoms with van der Waals surface area (Å²) in [4.78, 5) is 11.0. The molecule has 0 atom stereocenters. The van der Waals surface area contributed by atoms with Gasteiger partial charge in [-0.05, 0) is 32.9 Å². The van der Waals surface area contributed by atoms with Crippen molar-refractivity contribution in [3.63, 3.8) is 0 Å². The first-order chi connectivity index (χ1) is 10.7. The van der Waals surface area contributed by atoms with Crippen LogP contribution in [0, 0.1) is 20.8 Å². The van der Waals surface area contributed by atoms with Gasteiger partial charge in [-0.1, -0.05) is 17.7 Å². The van der Waals surface area contributed by atoms with Crippen LogP contribution in [0.4, 0.5) is 0 Å². The fraction of sp³-hybridized carbons (Fsp3) is 0.375. The van der Waals surface area contributed by atoms with Crippen molar-refractivity contribution < 1.29 is 17.9 Å². The quantitative estimate of drug-likeness (QED) is 0.782. The Morgan fingerprint density at radius 1 is 1.17 bits per heavy atom. The number of benzene rings is 1. The monoisotopic (exact) mass is 336 g/mol. The van der Waals surface area contributed by atoms with Crippen LogP contribution in [0.25, 0.3) is 0 Å². The van der Waals surface area contributed by atoms with E-state index >= 15 is 0 Å². The Labute approximate surface area is 136 Å². The summed E-state index contributed by atoms with van der Waals surface area (Å²) >= 11 is 0. The lowest BCUT2D eigenvalue weighted by Gasteiger charge is -2.08. The number of hydrogen-bond donors (Lipinski definition) is 0. The number of carbonyl (C=O) groups is 1. The molecular formula is C16H20N2O4S. The first-order valence-electron chi connectivity index (χ1n) is 7.24. The molecule has 2 aromatic rings. The summed E-state index contributed by atoms with van der Waals surface area (Å²) in [5.41, 5.74) is 2.92. The van der Waals surface area contributed by atoms with E-state index in [1.165, 1.54) is 6.92 Å². The average molecular weight is 336 g/mol. The summed E-state index contributed by atoms with van der Waals surface area (Å²) in [6.07, 6.45) is 0.431. The molecule has 0 radical (unpaired) electrons. The van der Waals surface area contributed by atoms with Crippen LogP contribution in [-0.2, 0) is 26.0 Å². The van der Waals surface area contributed by atoms with Gasteiger partial charge < -0.3 is 4.74 Å². The lowest BCUT2D eigenvalue weighted by molar-refractivity contribution is -0.140. The second-order valence-corrected chi connectivity index (χ2v) is 7.17. The van der Waals surface area contributed by atoms with Crippen LogP contribution in [0.5, 0.6) is 0 Å². The van der Waals surface area contributed by atoms with E-state index in [0.29, 0.717) is 17.8 Å². The molecule has 0 spiro atoms. The van der Waals surface area contributed by atoms with E-state index in [9.17, 15) is 13.2 Å². The van der Waals surface area contributed by atoms with Crippen LogP contribution < -0.4 is 0 Å². The minimum Gasteiger partial charge on any atom is -0.466 e. The zero-order chi connectivity index (χ0) is 17.2. The molecule has 1 heterocycles. The number of aryl methyl sites for hydroxylation is 2. The molecule has 0 aliphatic carbocycles. The molecule has 0 unspecified atom stereocenters. The number of nitrogens with zero attached hydrogens (tertiary/aromatic N) is 2. The maximum atomic E-state index is 12.7. The van der Waals surface area contributed by atoms with E-state index in [2.05, 4.69) is 5.10 Å². The van der Waals surface area contributed by atoms with Gasteiger partial charge in [0.15, 0.2) is 0 Å². The average Bonchev–Trinajstić information content (AvgIpc) is 2.76. The highest BCUT2D eigenvalue weighted by atomic mass is 32.2. The van der Waals surface area contributed by atoms with Crippen LogP contribution in [0.15, 0.2) is 29.2 Å². The number of esters is 1. The molecule has 124 valence electrons. The van der Waals surface area contributed by atoms with Gasteiger partial charge in [0.05, 0.1) is 22.9 Å². The third-order valence-electron chi connectivity index (χ3n) is 3.61. The number of rotatable bonds is 5. The lowest BCUT2D eigenvalue weighted by atomic mass is 10.1. The van der Waals surface area contributed by atoms with Crippen LogP contribution in [-0.4, -0.2) is 30.2 Å². The second kappa shape index (κ2) is 6.54. The van der Waals surface area contributed by atoms with Crippen molar-refractivity contribution in [3.05, 3.63) is 46.8 Å². The summed E-state index contributed by atoms with van der Waals surface area (Å²) in [5, 5.41) is 4.17. The number of carbonyl (C=O) groups excluding carboxylic acids is 1. The summed E-state index contributed by atoms with van der Waals surface area (Å²) in [6.45, 7) is 6.89. The van der Waals surface area contributed by atoms with Gasteiger partial charge in [0, 0.05) is 18.9 Å². The first kappa shape index (κ1) is 17.2. The minimum absolute atomic E-state index is 0.195. The Morgan fingerprint density at radius 2 is 1.78 bits per heavy atom. The maximum Gasteiger partial charge on any atom is 0.302 e. The summed E-state index contributed by atoms with van der Waals surface area (Å²) < 4.78 is 31.4. The van der Waals surface area contributed by atoms with Gasteiger partial charge in [-0.3, -0.25) is 4.79 Å². The molecule has 0 fully saturated rings. The van der Waals surface area contributed by atoms with Gasteiger partial charge >= 0.3 is 5.97 Å². The zero-order valence-corrected chi connectivity index (χ0v) is 14.5. The molecule has 7 heteroatoms. The Kier molecular flexibility index (Phi) is 4.89. The molecule has 0 aliphatic rings. The zero-order valence-electron chi connectivity index (χ0n) is 13.7. The molecule has 1 aromatic heterocycles. The van der Waals surface area contributed by atoms with E-state index < -0.39 is 10.0 Å². The van der Waals surface area contributed by atoms with E-state index in [0.717, 1.165) is 15.2 Å². The van der Waals surface area contributed by atoms with Gasteiger partial charge in [-0.25, -0.2) is 0 Å². The van der Waals surface area contributed by atoms with Gasteiger partial charge in [0.1, 0.15) is 0 Å². The molecule has 0 saturated carbocycles. The number of ether oxygens (including phenoxy) is 1. The molecule has 1 aromatic carbocycles. The fourth-order valence-electron chi connectivity index (χ4n) is 2.35. The van der Waals surface area contributed by atoms with E-state index in [1.54, 1.807) is 38.1 Å². The molecule has 0 amide bonds. The predicted octanol–water partition coefficient (Wildman–Crippen LogP) is 2.15. The fourth-order valence-corrected chi connectivity index (χ4v) is 3.73. The summed E-state index contributed by atoms with van der Waals surface area (Å²) in [7, 11) is -3.73. The van der Waals surface area contributed by atoms with Crippen molar-refractivity contribution >= 4 is 16.0 Å². The molecule has 0 aliphatic heterocycles. The number of hydrogen-bond acceptors (Lipinski definition) is 5. The Morgan fingerprint density at radius 3 is 2.35 bits per heavy atom. The van der Waals surface area contributed by atoms with Crippen molar-refractivity contribution in [1.29, 1.82) is 0 Å². The summed E-state index contributed by atoms with van der Waals surface area (Å²) in [6, 6.07) is 6.64. The highest BCUT2D eigenvalue weighted by molar-refractivity contribution is 7.89. The third kappa shape index (κ3) is 3.61. The highest BCUT2D eigenvalue weighted by Crippen LogP contribution is 2.20. The van der Waals surface area contributed by atoms with Crippen molar-refractivity contribution in [2.45, 2.75) is 39.0 Å². The molecule has 2 rings (SSSR count). The van der Waals surface area contributed by atoms with E-state index in [-0.39, 0.29) is 17.5 Å². The first-order valence-corrected chi connectivity index (χ1v) is 8.68. The Bertz CT molecular complexity index is 821. The van der Waals surface area contributed by atoms with Gasteiger partial charge in [0.25, 0.3) is 10.0 Å². The largest absolute Gasteiger partial charge is 0.466 e. The minimum atomic E-state index is -3.73. The van der Waals surface area contributed by atoms with Gasteiger partial charge in [0.2, 0.25) is 0 Å². The van der Waals surface area contributed by atoms with Crippen molar-refractivity contribution in [2.24, 2.45) is 0 Å². The van der Waals surface area contributed by atoms with Crippen molar-refractivity contribution in [1.82, 2.24) is 9.19 Å². The Hall–Kier alpha value is -2.15. The smallest absolute Gasteiger partial charge is 0.302 e. The summed E-state index contributed by atoms with van der Waals surface area (Å²) in [5.74, 6) is -0.361. The lowest BCUT2D eigenvalue weighted by Crippen LogP contribution is -2.16. The standard InChI is InChI=1S/C16H20N2O4S/c1-11-5-7-15(8-6-11)23(20,21)18-13(3)16(12(2)17-18)9-10-22-14(4)19/h5-8H,9-10H2,1-4H3. The molecule has 6 nitrogen and oxygen atoms in total. The number of aromatic nitrogens is 2. The van der Waals surface area contributed by atoms with Crippen LogP contribution in [0.1, 0.15) is 29.4 Å². The van der Waals surface area contributed by atoms with Gasteiger partial charge in [-0.15, -0.1) is 0 Å². The van der Waals surface area contributed by atoms with E-state index in [4.69, 9.17) is 4.74 Å². The maximum absolute atomic E-state index is 12.7. The normalized spacial score (nSPS) is 11.5. The van der Waals surface area contributed by atoms with Crippen molar-refractivity contribution in [3.8, 4) is 0 Å². The molecule has 23 heavy (non-hydrogen) atoms. The Balaban J connectivity index is 2.36. The molecule has 0 saturated heterocycles. The SMILES string of the molecule is CC(=O)OCCc1c(C)nn(S(=O)(=O)c2ccc(C)cc2)c1C. The van der Waals surface area contributed by atoms with Crippen LogP contribution >= 0.6 is 0 Å². The van der Waals surface area contributed by atoms with E-state index in [1.807, 2.05) is 6.92 Å². The van der Waals surface area contributed by atoms with Crippen LogP contribution in [0.3, 0.4) is 0 Å². The van der Waals surface area contributed by atoms with Gasteiger partial charge in [-0.2, -0.15) is 17.6 Å². The molecule has 0 N–H and O–H groups in total. The second-order valence-electron chi connectivity index (χ2n) is 5.40. The third-order valence-corrected chi connectivity index (χ3v) is 5.28. The topological polar surface area (TPSA) is 78.3 Å². The predicted molar refractivity (Wildman–Crippen MR) is 85.8 cm³/mol. The highest BCUT2D eigenvalue weighted by Gasteiger charge is 2.23. The molecular weight excluding hydrogens is 316 g/mol. The van der Waals surface area contributed by atoms with Crippen LogP contribution in [0.2, 0.25) is 0 Å². The van der Waals surface area contributed by atoms with Crippen molar-refractivity contribution in [2.75, 3.05) is 6.61 Å². The molecule has 0 bridgehead atoms.